The molecule has 40 heavy (non-hydrogen) atoms. The Balaban J connectivity index is 1.83. The second-order valence-electron chi connectivity index (χ2n) is 9.70. The molecule has 214 valence electrons. The number of alkyl halides is 3. The van der Waals surface area contributed by atoms with Crippen LogP contribution in [-0.4, -0.2) is 32.2 Å². The van der Waals surface area contributed by atoms with Gasteiger partial charge in [0.2, 0.25) is 0 Å². The van der Waals surface area contributed by atoms with Crippen LogP contribution in [0.25, 0.3) is 11.1 Å². The van der Waals surface area contributed by atoms with E-state index in [1.807, 2.05) is 30.3 Å². The molecule has 0 saturated heterocycles. The van der Waals surface area contributed by atoms with E-state index in [-0.39, 0.29) is 32.7 Å². The predicted octanol–water partition coefficient (Wildman–Crippen LogP) is 6.44. The van der Waals surface area contributed by atoms with Crippen molar-refractivity contribution in [3.8, 4) is 16.9 Å². The molecule has 0 aliphatic heterocycles. The van der Waals surface area contributed by atoms with Gasteiger partial charge < -0.3 is 19.5 Å². The average Bonchev–Trinajstić information content (AvgIpc) is 2.94. The van der Waals surface area contributed by atoms with E-state index in [4.69, 9.17) is 14.2 Å². The number of benzene rings is 3. The Hall–Kier alpha value is -3.85. The molecule has 0 aromatic heterocycles. The van der Waals surface area contributed by atoms with Crippen LogP contribution >= 0.6 is 0 Å². The Kier molecular flexibility index (Phi) is 10.3. The smallest absolute Gasteiger partial charge is 0.416 e. The molecule has 0 unspecified atom stereocenters. The van der Waals surface area contributed by atoms with Gasteiger partial charge in [-0.1, -0.05) is 42.5 Å². The maximum Gasteiger partial charge on any atom is 0.416 e. The Morgan fingerprint density at radius 1 is 0.875 bits per heavy atom. The first-order valence-electron chi connectivity index (χ1n) is 12.9. The van der Waals surface area contributed by atoms with Crippen LogP contribution in [0.2, 0.25) is 0 Å². The fourth-order valence-electron chi connectivity index (χ4n) is 4.14. The monoisotopic (exact) mass is 557 g/mol. The predicted molar refractivity (Wildman–Crippen MR) is 146 cm³/mol. The van der Waals surface area contributed by atoms with E-state index in [2.05, 4.69) is 5.32 Å². The van der Waals surface area contributed by atoms with Gasteiger partial charge in [0.25, 0.3) is 0 Å². The molecular formula is C31H34F3NO5. The third-order valence-corrected chi connectivity index (χ3v) is 6.49. The Bertz CT molecular complexity index is 1310. The van der Waals surface area contributed by atoms with E-state index in [9.17, 15) is 22.8 Å². The van der Waals surface area contributed by atoms with Crippen molar-refractivity contribution in [1.29, 1.82) is 0 Å². The van der Waals surface area contributed by atoms with Gasteiger partial charge in [-0.25, -0.2) is 0 Å². The highest BCUT2D eigenvalue weighted by Crippen LogP contribution is 2.39. The first kappa shape index (κ1) is 30.7. The molecule has 0 amide bonds. The number of rotatable bonds is 12. The SMILES string of the molecule is CCOC(=O)C(C)(C)c1ccc(OC)c(-c2ccc(C(F)(F)F)cc2CNCCC(=O)OCc2ccccc2)c1. The third-order valence-electron chi connectivity index (χ3n) is 6.49. The van der Waals surface area contributed by atoms with Gasteiger partial charge in [-0.3, -0.25) is 9.59 Å². The average molecular weight is 558 g/mol. The Labute approximate surface area is 232 Å². The fourth-order valence-corrected chi connectivity index (χ4v) is 4.14. The van der Waals surface area contributed by atoms with Crippen molar-refractivity contribution in [3.63, 3.8) is 0 Å². The summed E-state index contributed by atoms with van der Waals surface area (Å²) in [4.78, 5) is 24.8. The largest absolute Gasteiger partial charge is 0.496 e. The summed E-state index contributed by atoms with van der Waals surface area (Å²) < 4.78 is 56.8. The second kappa shape index (κ2) is 13.5. The van der Waals surface area contributed by atoms with E-state index in [0.717, 1.165) is 17.7 Å². The van der Waals surface area contributed by atoms with Crippen LogP contribution in [0.3, 0.4) is 0 Å². The van der Waals surface area contributed by atoms with Crippen LogP contribution in [0.15, 0.2) is 66.7 Å². The van der Waals surface area contributed by atoms with Crippen LogP contribution in [0, 0.1) is 0 Å². The van der Waals surface area contributed by atoms with Crippen LogP contribution in [0.4, 0.5) is 13.2 Å². The zero-order valence-electron chi connectivity index (χ0n) is 23.1. The van der Waals surface area contributed by atoms with E-state index < -0.39 is 29.1 Å². The molecular weight excluding hydrogens is 523 g/mol. The van der Waals surface area contributed by atoms with Crippen molar-refractivity contribution in [2.75, 3.05) is 20.3 Å². The first-order valence-corrected chi connectivity index (χ1v) is 12.9. The number of nitrogens with one attached hydrogen (secondary N) is 1. The van der Waals surface area contributed by atoms with Crippen molar-refractivity contribution in [2.45, 2.75) is 51.9 Å². The molecule has 0 bridgehead atoms. The summed E-state index contributed by atoms with van der Waals surface area (Å²) in [5.74, 6) is -0.398. The van der Waals surface area contributed by atoms with Crippen molar-refractivity contribution in [1.82, 2.24) is 5.32 Å². The third kappa shape index (κ3) is 7.85. The quantitative estimate of drug-likeness (QED) is 0.204. The molecule has 0 spiro atoms. The molecule has 3 aromatic carbocycles. The van der Waals surface area contributed by atoms with Gasteiger partial charge in [0.1, 0.15) is 12.4 Å². The minimum atomic E-state index is -4.54. The van der Waals surface area contributed by atoms with Crippen LogP contribution < -0.4 is 10.1 Å². The van der Waals surface area contributed by atoms with Crippen LogP contribution in [-0.2, 0) is 43.8 Å². The van der Waals surface area contributed by atoms with Crippen molar-refractivity contribution < 1.29 is 37.0 Å². The standard InChI is InChI=1S/C31H34F3NO5/c1-5-39-29(37)30(2,3)23-12-14-27(38-4)26(18-23)25-13-11-24(31(32,33)34)17-22(25)19-35-16-15-28(36)40-20-21-9-7-6-8-10-21/h6-14,17-18,35H,5,15-16,19-20H2,1-4H3. The van der Waals surface area contributed by atoms with Gasteiger partial charge in [-0.05, 0) is 67.3 Å². The molecule has 1 N–H and O–H groups in total. The fraction of sp³-hybridized carbons (Fsp3) is 0.355. The molecule has 0 fully saturated rings. The molecule has 3 aromatic rings. The van der Waals surface area contributed by atoms with E-state index >= 15 is 0 Å². The molecule has 0 saturated carbocycles. The van der Waals surface area contributed by atoms with Gasteiger partial charge in [-0.2, -0.15) is 13.2 Å². The molecule has 0 aliphatic carbocycles. The summed E-state index contributed by atoms with van der Waals surface area (Å²) in [5.41, 5.74) is 1.09. The summed E-state index contributed by atoms with van der Waals surface area (Å²) in [6.07, 6.45) is -4.49. The lowest BCUT2D eigenvalue weighted by atomic mass is 9.82. The zero-order chi connectivity index (χ0) is 29.3. The summed E-state index contributed by atoms with van der Waals surface area (Å²) in [6.45, 7) is 5.80. The zero-order valence-corrected chi connectivity index (χ0v) is 23.1. The topological polar surface area (TPSA) is 73.9 Å². The number of methoxy groups -OCH3 is 1. The molecule has 9 heteroatoms. The summed E-state index contributed by atoms with van der Waals surface area (Å²) >= 11 is 0. The van der Waals surface area contributed by atoms with Crippen molar-refractivity contribution >= 4 is 11.9 Å². The minimum absolute atomic E-state index is 0.0493. The molecule has 0 atom stereocenters. The van der Waals surface area contributed by atoms with Crippen molar-refractivity contribution in [2.24, 2.45) is 0 Å². The maximum absolute atomic E-state index is 13.6. The minimum Gasteiger partial charge on any atom is -0.496 e. The lowest BCUT2D eigenvalue weighted by Crippen LogP contribution is -2.31. The number of hydrogen-bond donors (Lipinski definition) is 1. The number of carbonyl (C=O) groups excluding carboxylic acids is 2. The summed E-state index contributed by atoms with van der Waals surface area (Å²) in [7, 11) is 1.47. The second-order valence-corrected chi connectivity index (χ2v) is 9.70. The lowest BCUT2D eigenvalue weighted by molar-refractivity contribution is -0.149. The summed E-state index contributed by atoms with van der Waals surface area (Å²) in [5, 5.41) is 3.05. The van der Waals surface area contributed by atoms with Gasteiger partial charge in [0, 0.05) is 18.7 Å². The molecule has 0 radical (unpaired) electrons. The number of carbonyl (C=O) groups is 2. The van der Waals surface area contributed by atoms with Gasteiger partial charge in [0.05, 0.1) is 31.1 Å². The highest BCUT2D eigenvalue weighted by Gasteiger charge is 2.33. The molecule has 0 aliphatic rings. The molecule has 3 rings (SSSR count). The van der Waals surface area contributed by atoms with Crippen molar-refractivity contribution in [3.05, 3.63) is 89.0 Å². The van der Waals surface area contributed by atoms with E-state index in [1.54, 1.807) is 39.0 Å². The van der Waals surface area contributed by atoms with Crippen LogP contribution in [0.1, 0.15) is 49.4 Å². The van der Waals surface area contributed by atoms with Gasteiger partial charge in [0.15, 0.2) is 0 Å². The number of halogens is 3. The van der Waals surface area contributed by atoms with Crippen LogP contribution in [0.5, 0.6) is 5.75 Å². The van der Waals surface area contributed by atoms with E-state index in [0.29, 0.717) is 28.0 Å². The van der Waals surface area contributed by atoms with E-state index in [1.165, 1.54) is 13.2 Å². The number of hydrogen-bond acceptors (Lipinski definition) is 6. The summed E-state index contributed by atoms with van der Waals surface area (Å²) in [6, 6.07) is 17.9. The molecule has 0 heterocycles. The lowest BCUT2D eigenvalue weighted by Gasteiger charge is -2.25. The van der Waals surface area contributed by atoms with Gasteiger partial charge in [-0.15, -0.1) is 0 Å². The highest BCUT2D eigenvalue weighted by atomic mass is 19.4. The number of esters is 2. The van der Waals surface area contributed by atoms with Gasteiger partial charge >= 0.3 is 18.1 Å². The molecule has 6 nitrogen and oxygen atoms in total. The number of ether oxygens (including phenoxy) is 3. The Morgan fingerprint density at radius 2 is 1.57 bits per heavy atom. The first-order chi connectivity index (χ1) is 19.0. The Morgan fingerprint density at radius 3 is 2.23 bits per heavy atom. The maximum atomic E-state index is 13.6. The highest BCUT2D eigenvalue weighted by molar-refractivity contribution is 5.84. The normalized spacial score (nSPS) is 11.7.